The molecule has 2 unspecified atom stereocenters. The number of nitrogens with zero attached hydrogens (tertiary/aromatic N) is 1. The number of methoxy groups -OCH3 is 1. The van der Waals surface area contributed by atoms with Gasteiger partial charge in [-0.25, -0.2) is 24.0 Å². The van der Waals surface area contributed by atoms with E-state index in [9.17, 15) is 38.9 Å². The second-order valence-electron chi connectivity index (χ2n) is 9.35. The molecule has 2 atom stereocenters. The van der Waals surface area contributed by atoms with Gasteiger partial charge in [0.1, 0.15) is 5.75 Å². The van der Waals surface area contributed by atoms with Gasteiger partial charge in [-0.3, -0.25) is 4.79 Å². The van der Waals surface area contributed by atoms with E-state index in [0.29, 0.717) is 11.3 Å². The number of carbonyl (C=O) groups is 6. The van der Waals surface area contributed by atoms with Crippen molar-refractivity contribution >= 4 is 46.6 Å². The molecule has 0 aliphatic heterocycles. The highest BCUT2D eigenvalue weighted by Crippen LogP contribution is 2.26. The summed E-state index contributed by atoms with van der Waals surface area (Å²) in [7, 11) is 1.56. The van der Waals surface area contributed by atoms with Crippen molar-refractivity contribution in [3.8, 4) is 5.75 Å². The molecule has 0 N–H and O–H groups in total. The third-order valence-electron chi connectivity index (χ3n) is 5.93. The molecule has 0 aliphatic carbocycles. The standard InChI is InChI=1S/C29H33NO16/c1-18(20-6-7-22-13-23(39-3)9-8-21(22)12-20)28(35)46-19(2)29(36)44-17-27(34)43-16-26(33)42-15-25(32)41-14-24(31)40-10-4-5-11-45-30(37)38/h6-9,12-13,18-19H,4-5,10-11,14-17H2,1-3H3. The number of carbonyl (C=O) groups excluding carboxylic acids is 6. The normalized spacial score (nSPS) is 11.7. The summed E-state index contributed by atoms with van der Waals surface area (Å²) in [5, 5.41) is 10.8. The molecule has 0 radical (unpaired) electrons. The van der Waals surface area contributed by atoms with Gasteiger partial charge in [0.2, 0.25) is 0 Å². The van der Waals surface area contributed by atoms with E-state index in [1.54, 1.807) is 26.2 Å². The van der Waals surface area contributed by atoms with Crippen molar-refractivity contribution in [3.05, 3.63) is 52.1 Å². The van der Waals surface area contributed by atoms with Crippen molar-refractivity contribution < 1.29 is 71.8 Å². The summed E-state index contributed by atoms with van der Waals surface area (Å²) in [5.74, 6) is -6.01. The molecule has 46 heavy (non-hydrogen) atoms. The number of benzene rings is 2. The number of rotatable bonds is 19. The molecular formula is C29H33NO16. The molecule has 0 saturated carbocycles. The maximum absolute atomic E-state index is 12.6. The largest absolute Gasteiger partial charge is 0.497 e. The minimum Gasteiger partial charge on any atom is -0.497 e. The minimum atomic E-state index is -1.35. The minimum absolute atomic E-state index is 0.0840. The fourth-order valence-electron chi connectivity index (χ4n) is 3.46. The molecule has 0 amide bonds. The molecule has 0 fully saturated rings. The van der Waals surface area contributed by atoms with Gasteiger partial charge in [0.15, 0.2) is 32.5 Å². The van der Waals surface area contributed by atoms with E-state index >= 15 is 0 Å². The zero-order valence-electron chi connectivity index (χ0n) is 25.3. The van der Waals surface area contributed by atoms with Crippen molar-refractivity contribution in [2.75, 3.05) is 46.8 Å². The van der Waals surface area contributed by atoms with Gasteiger partial charge >= 0.3 is 35.8 Å². The quantitative estimate of drug-likeness (QED) is 0.0692. The summed E-state index contributed by atoms with van der Waals surface area (Å²) in [6, 6.07) is 10.9. The molecule has 0 heterocycles. The summed E-state index contributed by atoms with van der Waals surface area (Å²) in [6.07, 6.45) is -0.815. The van der Waals surface area contributed by atoms with Crippen LogP contribution in [-0.4, -0.2) is 93.8 Å². The van der Waals surface area contributed by atoms with E-state index in [-0.39, 0.29) is 26.1 Å². The monoisotopic (exact) mass is 651 g/mol. The third-order valence-corrected chi connectivity index (χ3v) is 5.93. The van der Waals surface area contributed by atoms with Crippen molar-refractivity contribution in [2.45, 2.75) is 38.7 Å². The first kappa shape index (κ1) is 36.7. The molecule has 0 aliphatic rings. The van der Waals surface area contributed by atoms with Crippen LogP contribution < -0.4 is 4.74 Å². The molecule has 2 aromatic rings. The average Bonchev–Trinajstić information content (AvgIpc) is 3.04. The second kappa shape index (κ2) is 19.0. The van der Waals surface area contributed by atoms with Crippen LogP contribution in [0.5, 0.6) is 5.75 Å². The van der Waals surface area contributed by atoms with Crippen LogP contribution in [0.3, 0.4) is 0 Å². The Morgan fingerprint density at radius 3 is 1.80 bits per heavy atom. The molecule has 2 rings (SSSR count). The van der Waals surface area contributed by atoms with Gasteiger partial charge in [0.25, 0.3) is 5.09 Å². The van der Waals surface area contributed by atoms with Gasteiger partial charge < -0.3 is 38.0 Å². The van der Waals surface area contributed by atoms with Crippen LogP contribution in [0.15, 0.2) is 36.4 Å². The molecule has 0 saturated heterocycles. The van der Waals surface area contributed by atoms with Gasteiger partial charge in [0, 0.05) is 0 Å². The fraction of sp³-hybridized carbons (Fsp3) is 0.448. The summed E-state index contributed by atoms with van der Waals surface area (Å²) in [5.41, 5.74) is 0.654. The molecule has 0 aromatic heterocycles. The Bertz CT molecular complexity index is 1410. The Kier molecular flexibility index (Phi) is 15.2. The SMILES string of the molecule is COc1ccc2cc(C(C)C(=O)OC(C)C(=O)OCC(=O)OCC(=O)OCC(=O)OCC(=O)OCCCCO[N+](=O)[O-])ccc2c1. The first-order chi connectivity index (χ1) is 21.9. The molecule has 2 aromatic carbocycles. The maximum Gasteiger partial charge on any atom is 0.347 e. The van der Waals surface area contributed by atoms with Crippen molar-refractivity contribution in [1.29, 1.82) is 0 Å². The van der Waals surface area contributed by atoms with Crippen molar-refractivity contribution in [1.82, 2.24) is 0 Å². The van der Waals surface area contributed by atoms with Gasteiger partial charge in [-0.05, 0) is 55.2 Å². The van der Waals surface area contributed by atoms with E-state index in [0.717, 1.165) is 10.8 Å². The molecular weight excluding hydrogens is 618 g/mol. The lowest BCUT2D eigenvalue weighted by molar-refractivity contribution is -0.757. The van der Waals surface area contributed by atoms with Crippen LogP contribution in [0.25, 0.3) is 10.8 Å². The van der Waals surface area contributed by atoms with Crippen LogP contribution in [0.1, 0.15) is 38.2 Å². The van der Waals surface area contributed by atoms with E-state index < -0.39 is 79.4 Å². The fourth-order valence-corrected chi connectivity index (χ4v) is 3.46. The number of hydrogen-bond acceptors (Lipinski definition) is 16. The predicted octanol–water partition coefficient (Wildman–Crippen LogP) is 1.59. The number of esters is 6. The van der Waals surface area contributed by atoms with Crippen LogP contribution in [-0.2, 0) is 62.0 Å². The van der Waals surface area contributed by atoms with Crippen LogP contribution in [0.2, 0.25) is 0 Å². The molecule has 17 nitrogen and oxygen atoms in total. The summed E-state index contributed by atoms with van der Waals surface area (Å²) >= 11 is 0. The lowest BCUT2D eigenvalue weighted by Gasteiger charge is -2.16. The predicted molar refractivity (Wildman–Crippen MR) is 151 cm³/mol. The second-order valence-corrected chi connectivity index (χ2v) is 9.35. The Morgan fingerprint density at radius 1 is 0.696 bits per heavy atom. The van der Waals surface area contributed by atoms with Crippen molar-refractivity contribution in [3.63, 3.8) is 0 Å². The zero-order valence-corrected chi connectivity index (χ0v) is 25.3. The van der Waals surface area contributed by atoms with Crippen LogP contribution in [0.4, 0.5) is 0 Å². The molecule has 0 bridgehead atoms. The van der Waals surface area contributed by atoms with Gasteiger partial charge in [-0.15, -0.1) is 10.1 Å². The first-order valence-corrected chi connectivity index (χ1v) is 13.7. The van der Waals surface area contributed by atoms with E-state index in [2.05, 4.69) is 19.0 Å². The highest BCUT2D eigenvalue weighted by atomic mass is 16.9. The van der Waals surface area contributed by atoms with E-state index in [1.807, 2.05) is 24.3 Å². The van der Waals surface area contributed by atoms with Crippen molar-refractivity contribution in [2.24, 2.45) is 0 Å². The van der Waals surface area contributed by atoms with Crippen LogP contribution in [0, 0.1) is 10.1 Å². The van der Waals surface area contributed by atoms with Gasteiger partial charge in [0.05, 0.1) is 26.2 Å². The van der Waals surface area contributed by atoms with Gasteiger partial charge in [-0.2, -0.15) is 0 Å². The Labute approximate surface area is 262 Å². The lowest BCUT2D eigenvalue weighted by atomic mass is 9.98. The molecule has 17 heteroatoms. The first-order valence-electron chi connectivity index (χ1n) is 13.7. The topological polar surface area (TPSA) is 219 Å². The van der Waals surface area contributed by atoms with E-state index in [4.69, 9.17) is 18.9 Å². The summed E-state index contributed by atoms with van der Waals surface area (Å²) in [6.45, 7) is -0.858. The number of fused-ring (bicyclic) bond motifs is 1. The number of unbranched alkanes of at least 4 members (excludes halogenated alkanes) is 1. The summed E-state index contributed by atoms with van der Waals surface area (Å²) in [4.78, 5) is 85.5. The van der Waals surface area contributed by atoms with Gasteiger partial charge in [-0.1, -0.05) is 24.3 Å². The maximum atomic E-state index is 12.6. The van der Waals surface area contributed by atoms with Crippen LogP contribution >= 0.6 is 0 Å². The smallest absolute Gasteiger partial charge is 0.347 e. The zero-order chi connectivity index (χ0) is 34.1. The lowest BCUT2D eigenvalue weighted by Crippen LogP contribution is -2.30. The highest BCUT2D eigenvalue weighted by molar-refractivity contribution is 5.88. The Hall–Kier alpha value is -5.48. The Balaban J connectivity index is 1.61. The average molecular weight is 652 g/mol. The number of ether oxygens (including phenoxy) is 7. The molecule has 0 spiro atoms. The molecule has 250 valence electrons. The third kappa shape index (κ3) is 13.4. The van der Waals surface area contributed by atoms with E-state index in [1.165, 1.54) is 6.92 Å². The summed E-state index contributed by atoms with van der Waals surface area (Å²) < 4.78 is 33.6. The highest BCUT2D eigenvalue weighted by Gasteiger charge is 2.25. The Morgan fingerprint density at radius 2 is 1.22 bits per heavy atom. The number of hydrogen-bond donors (Lipinski definition) is 0.